The van der Waals surface area contributed by atoms with Crippen LogP contribution in [-0.4, -0.2) is 38.4 Å². The Morgan fingerprint density at radius 1 is 1.16 bits per heavy atom. The van der Waals surface area contributed by atoms with E-state index in [0.717, 1.165) is 5.56 Å². The third-order valence-electron chi connectivity index (χ3n) is 5.15. The van der Waals surface area contributed by atoms with Crippen molar-refractivity contribution in [2.75, 3.05) is 22.7 Å². The van der Waals surface area contributed by atoms with Crippen LogP contribution in [0.2, 0.25) is 10.0 Å². The molecule has 1 fully saturated rings. The van der Waals surface area contributed by atoms with Gasteiger partial charge in [0.1, 0.15) is 0 Å². The molecule has 1 amide bonds. The fraction of sp³-hybridized carbons (Fsp3) is 0.238. The molecule has 2 N–H and O–H groups in total. The van der Waals surface area contributed by atoms with Gasteiger partial charge in [0, 0.05) is 41.8 Å². The summed E-state index contributed by atoms with van der Waals surface area (Å²) in [5, 5.41) is 6.48. The normalized spacial score (nSPS) is 16.5. The van der Waals surface area contributed by atoms with E-state index in [1.165, 1.54) is 29.7 Å². The molecule has 3 aromatic rings. The standard InChI is InChI=1S/C21H20Cl2N4O3S2.H2/c22-17-2-1-3-18(23)16(17)8-10-24-19-9-12-27(20(19)28)14-4-6-15(7-5-14)32(29,30)26-21-25-11-13-31-21;/h1-7,11,13,19,24H,8-10,12H2,(H,25,26);1H/t19-;/m0./s1. The highest BCUT2D eigenvalue weighted by Crippen LogP contribution is 2.26. The zero-order valence-electron chi connectivity index (χ0n) is 16.8. The molecule has 7 nitrogen and oxygen atoms in total. The van der Waals surface area contributed by atoms with Crippen LogP contribution in [0.5, 0.6) is 0 Å². The van der Waals surface area contributed by atoms with E-state index in [2.05, 4.69) is 15.0 Å². The van der Waals surface area contributed by atoms with Gasteiger partial charge in [-0.1, -0.05) is 29.3 Å². The van der Waals surface area contributed by atoms with Crippen LogP contribution < -0.4 is 14.9 Å². The first kappa shape index (κ1) is 23.0. The van der Waals surface area contributed by atoms with Crippen molar-refractivity contribution in [1.29, 1.82) is 0 Å². The highest BCUT2D eigenvalue weighted by atomic mass is 35.5. The maximum Gasteiger partial charge on any atom is 0.263 e. The minimum Gasteiger partial charge on any atom is -0.311 e. The second-order valence-corrected chi connectivity index (χ2v) is 10.6. The SMILES string of the molecule is O=C1[C@@H](NCCc2c(Cl)cccc2Cl)CCN1c1ccc(S(=O)(=O)Nc2nccs2)cc1.[HH]. The molecule has 0 unspecified atom stereocenters. The number of benzene rings is 2. The van der Waals surface area contributed by atoms with E-state index in [9.17, 15) is 13.2 Å². The average molecular weight is 513 g/mol. The van der Waals surface area contributed by atoms with Gasteiger partial charge in [-0.25, -0.2) is 13.4 Å². The van der Waals surface area contributed by atoms with Gasteiger partial charge in [0.15, 0.2) is 5.13 Å². The zero-order valence-corrected chi connectivity index (χ0v) is 19.9. The number of carbonyl (C=O) groups excluding carboxylic acids is 1. The van der Waals surface area contributed by atoms with Crippen LogP contribution in [-0.2, 0) is 21.2 Å². The maximum atomic E-state index is 12.8. The number of thiazole rings is 1. The van der Waals surface area contributed by atoms with Crippen molar-refractivity contribution in [2.24, 2.45) is 0 Å². The predicted octanol–water partition coefficient (Wildman–Crippen LogP) is 4.43. The molecular formula is C21H22Cl2N4O3S2. The molecule has 0 radical (unpaired) electrons. The molecule has 2 heterocycles. The molecule has 0 spiro atoms. The summed E-state index contributed by atoms with van der Waals surface area (Å²) in [4.78, 5) is 18.5. The molecule has 1 aromatic heterocycles. The molecule has 1 aliphatic heterocycles. The molecule has 0 bridgehead atoms. The number of aromatic nitrogens is 1. The fourth-order valence-electron chi connectivity index (χ4n) is 3.52. The summed E-state index contributed by atoms with van der Waals surface area (Å²) >= 11 is 13.6. The molecule has 0 saturated carbocycles. The first-order valence-corrected chi connectivity index (χ1v) is 13.0. The van der Waals surface area contributed by atoms with Gasteiger partial charge in [-0.15, -0.1) is 11.3 Å². The highest BCUT2D eigenvalue weighted by molar-refractivity contribution is 7.93. The summed E-state index contributed by atoms with van der Waals surface area (Å²) < 4.78 is 27.4. The van der Waals surface area contributed by atoms with Crippen molar-refractivity contribution < 1.29 is 14.6 Å². The summed E-state index contributed by atoms with van der Waals surface area (Å²) in [5.74, 6) is -0.0493. The summed E-state index contributed by atoms with van der Waals surface area (Å²) in [7, 11) is -3.73. The number of halogens is 2. The average Bonchev–Trinajstić information content (AvgIpc) is 3.40. The summed E-state index contributed by atoms with van der Waals surface area (Å²) in [5.41, 5.74) is 1.51. The van der Waals surface area contributed by atoms with Crippen molar-refractivity contribution in [3.8, 4) is 0 Å². The summed E-state index contributed by atoms with van der Waals surface area (Å²) in [6.07, 6.45) is 2.79. The van der Waals surface area contributed by atoms with Crippen LogP contribution in [0.4, 0.5) is 10.8 Å². The van der Waals surface area contributed by atoms with Crippen LogP contribution in [0, 0.1) is 0 Å². The Bertz CT molecular complexity index is 1190. The number of nitrogens with one attached hydrogen (secondary N) is 2. The Hall–Kier alpha value is -2.17. The lowest BCUT2D eigenvalue weighted by atomic mass is 10.1. The zero-order chi connectivity index (χ0) is 22.7. The molecule has 11 heteroatoms. The molecular weight excluding hydrogens is 491 g/mol. The topological polar surface area (TPSA) is 91.4 Å². The van der Waals surface area contributed by atoms with Crippen molar-refractivity contribution in [3.63, 3.8) is 0 Å². The lowest BCUT2D eigenvalue weighted by Gasteiger charge is -2.18. The van der Waals surface area contributed by atoms with E-state index in [1.54, 1.807) is 40.6 Å². The monoisotopic (exact) mass is 512 g/mol. The molecule has 1 saturated heterocycles. The molecule has 170 valence electrons. The molecule has 0 aliphatic carbocycles. The van der Waals surface area contributed by atoms with Crippen LogP contribution in [0.1, 0.15) is 13.4 Å². The number of hydrogen-bond acceptors (Lipinski definition) is 6. The molecule has 1 aliphatic rings. The minimum atomic E-state index is -3.73. The second kappa shape index (κ2) is 9.76. The Morgan fingerprint density at radius 2 is 1.88 bits per heavy atom. The Balaban J connectivity index is 0.00000306. The van der Waals surface area contributed by atoms with Crippen LogP contribution >= 0.6 is 34.5 Å². The van der Waals surface area contributed by atoms with Crippen molar-refractivity contribution in [2.45, 2.75) is 23.8 Å². The van der Waals surface area contributed by atoms with Crippen molar-refractivity contribution in [1.82, 2.24) is 10.3 Å². The van der Waals surface area contributed by atoms with Crippen molar-refractivity contribution >= 4 is 61.3 Å². The summed E-state index contributed by atoms with van der Waals surface area (Å²) in [6.45, 7) is 1.11. The van der Waals surface area contributed by atoms with Gasteiger partial charge in [0.25, 0.3) is 10.0 Å². The lowest BCUT2D eigenvalue weighted by Crippen LogP contribution is -2.39. The molecule has 2 aromatic carbocycles. The number of rotatable bonds is 8. The minimum absolute atomic E-state index is 0. The largest absolute Gasteiger partial charge is 0.311 e. The van der Waals surface area contributed by atoms with Gasteiger partial charge < -0.3 is 10.2 Å². The summed E-state index contributed by atoms with van der Waals surface area (Å²) in [6, 6.07) is 11.3. The smallest absolute Gasteiger partial charge is 0.263 e. The van der Waals surface area contributed by atoms with E-state index in [-0.39, 0.29) is 18.3 Å². The van der Waals surface area contributed by atoms with Crippen LogP contribution in [0.25, 0.3) is 0 Å². The second-order valence-electron chi connectivity index (χ2n) is 7.17. The molecule has 32 heavy (non-hydrogen) atoms. The number of nitrogens with zero attached hydrogens (tertiary/aromatic N) is 2. The molecule has 4 rings (SSSR count). The van der Waals surface area contributed by atoms with Gasteiger partial charge >= 0.3 is 0 Å². The van der Waals surface area contributed by atoms with E-state index in [1.807, 2.05) is 0 Å². The Kier molecular flexibility index (Phi) is 7.02. The van der Waals surface area contributed by atoms with Gasteiger partial charge in [-0.3, -0.25) is 9.52 Å². The van der Waals surface area contributed by atoms with Gasteiger partial charge in [-0.2, -0.15) is 0 Å². The molecule has 1 atom stereocenters. The van der Waals surface area contributed by atoms with Crippen molar-refractivity contribution in [3.05, 3.63) is 69.7 Å². The van der Waals surface area contributed by atoms with Gasteiger partial charge in [0.05, 0.1) is 10.9 Å². The van der Waals surface area contributed by atoms with Gasteiger partial charge in [-0.05, 0) is 54.8 Å². The third-order valence-corrected chi connectivity index (χ3v) is 8.03. The number of sulfonamides is 1. The van der Waals surface area contributed by atoms with E-state index < -0.39 is 10.0 Å². The fourth-order valence-corrected chi connectivity index (χ4v) is 5.90. The Morgan fingerprint density at radius 3 is 2.53 bits per heavy atom. The predicted molar refractivity (Wildman–Crippen MR) is 130 cm³/mol. The van der Waals surface area contributed by atoms with Crippen LogP contribution in [0.3, 0.4) is 0 Å². The maximum absolute atomic E-state index is 12.8. The number of carbonyl (C=O) groups is 1. The lowest BCUT2D eigenvalue weighted by molar-refractivity contribution is -0.118. The Labute approximate surface area is 201 Å². The van der Waals surface area contributed by atoms with E-state index >= 15 is 0 Å². The quantitative estimate of drug-likeness (QED) is 0.465. The first-order valence-electron chi connectivity index (χ1n) is 9.85. The third kappa shape index (κ3) is 5.07. The van der Waals surface area contributed by atoms with E-state index in [4.69, 9.17) is 23.2 Å². The number of hydrogen-bond donors (Lipinski definition) is 2. The number of amides is 1. The van der Waals surface area contributed by atoms with E-state index in [0.29, 0.717) is 46.8 Å². The number of anilines is 2. The van der Waals surface area contributed by atoms with Gasteiger partial charge in [0.2, 0.25) is 5.91 Å². The highest BCUT2D eigenvalue weighted by Gasteiger charge is 2.32. The first-order chi connectivity index (χ1) is 15.3. The van der Waals surface area contributed by atoms with Crippen LogP contribution in [0.15, 0.2) is 58.9 Å².